The van der Waals surface area contributed by atoms with Gasteiger partial charge in [-0.25, -0.2) is 19.4 Å². The van der Waals surface area contributed by atoms with Gasteiger partial charge in [0.2, 0.25) is 0 Å². The summed E-state index contributed by atoms with van der Waals surface area (Å²) in [7, 11) is -1.51. The van der Waals surface area contributed by atoms with Crippen LogP contribution in [0.2, 0.25) is 19.6 Å². The lowest BCUT2D eigenvalue weighted by Gasteiger charge is -2.29. The van der Waals surface area contributed by atoms with E-state index in [0.717, 1.165) is 0 Å². The summed E-state index contributed by atoms with van der Waals surface area (Å²) in [6, 6.07) is 22.2. The van der Waals surface area contributed by atoms with Gasteiger partial charge in [-0.05, 0) is 102 Å². The van der Waals surface area contributed by atoms with Crippen LogP contribution in [0.4, 0.5) is 38.0 Å². The van der Waals surface area contributed by atoms with E-state index in [1.54, 1.807) is 53.4 Å². The van der Waals surface area contributed by atoms with Crippen LogP contribution in [0.1, 0.15) is 41.5 Å². The van der Waals surface area contributed by atoms with Gasteiger partial charge in [-0.15, -0.1) is 0 Å². The van der Waals surface area contributed by atoms with Crippen molar-refractivity contribution in [3.05, 3.63) is 72.8 Å². The minimum Gasteiger partial charge on any atom is -0.443 e. The van der Waals surface area contributed by atoms with Crippen molar-refractivity contribution in [1.29, 1.82) is 0 Å². The van der Waals surface area contributed by atoms with E-state index in [1.807, 2.05) is 53.7 Å². The summed E-state index contributed by atoms with van der Waals surface area (Å²) in [4.78, 5) is 29.7. The summed E-state index contributed by atoms with van der Waals surface area (Å²) in [6.45, 7) is 17.8. The maximum atomic E-state index is 13.4. The molecule has 0 spiro atoms. The zero-order valence-corrected chi connectivity index (χ0v) is 25.5. The Balaban J connectivity index is 2.05. The zero-order valence-electron chi connectivity index (χ0n) is 24.5. The predicted molar refractivity (Wildman–Crippen MR) is 163 cm³/mol. The Hall–Kier alpha value is -3.78. The van der Waals surface area contributed by atoms with Crippen LogP contribution in [-0.2, 0) is 9.47 Å². The smallest absolute Gasteiger partial charge is 0.419 e. The highest BCUT2D eigenvalue weighted by molar-refractivity contribution is 6.88. The molecule has 0 atom stereocenters. The molecule has 8 heteroatoms. The maximum absolute atomic E-state index is 13.4. The number of hydrogen-bond donors (Lipinski definition) is 1. The van der Waals surface area contributed by atoms with Gasteiger partial charge in [0.25, 0.3) is 0 Å². The third-order valence-electron chi connectivity index (χ3n) is 5.66. The molecule has 0 bridgehead atoms. The fraction of sp³-hybridized carbons (Fsp3) is 0.355. The first-order chi connectivity index (χ1) is 17.9. The molecule has 0 saturated heterocycles. The van der Waals surface area contributed by atoms with Gasteiger partial charge in [0.05, 0.1) is 30.8 Å². The van der Waals surface area contributed by atoms with Crippen molar-refractivity contribution in [2.24, 2.45) is 0 Å². The number of nitrogen functional groups attached to an aromatic ring is 1. The van der Waals surface area contributed by atoms with Crippen LogP contribution in [0.3, 0.4) is 0 Å². The summed E-state index contributed by atoms with van der Waals surface area (Å²) < 4.78 is 11.4. The molecule has 3 rings (SSSR count). The molecule has 0 aliphatic rings. The Kier molecular flexibility index (Phi) is 8.50. The first kappa shape index (κ1) is 29.8. The number of nitrogens with two attached hydrogens (primary N) is 1. The summed E-state index contributed by atoms with van der Waals surface area (Å²) in [5.74, 6) is 0. The fourth-order valence-corrected chi connectivity index (χ4v) is 4.99. The van der Waals surface area contributed by atoms with E-state index in [4.69, 9.17) is 15.2 Å². The Morgan fingerprint density at radius 1 is 0.590 bits per heavy atom. The van der Waals surface area contributed by atoms with Crippen molar-refractivity contribution in [3.63, 3.8) is 0 Å². The third-order valence-corrected chi connectivity index (χ3v) is 7.73. The standard InChI is InChI=1S/C31H41N3O4Si/c1-30(2,3)37-28(35)33(23-12-10-22(32)11-13-23)24-14-16-25(17-15-24)34(29(36)38-31(4,5)6)26-18-20-27(21-19-26)39(7,8)9/h10-21H,32H2,1-9H3. The Labute approximate surface area is 233 Å². The number of hydrogen-bond acceptors (Lipinski definition) is 5. The summed E-state index contributed by atoms with van der Waals surface area (Å²) in [6.07, 6.45) is -1.01. The normalized spacial score (nSPS) is 12.0. The van der Waals surface area contributed by atoms with E-state index >= 15 is 0 Å². The van der Waals surface area contributed by atoms with Gasteiger partial charge in [-0.3, -0.25) is 0 Å². The zero-order chi connectivity index (χ0) is 29.2. The van der Waals surface area contributed by atoms with Crippen molar-refractivity contribution >= 4 is 53.9 Å². The Bertz CT molecular complexity index is 1280. The molecule has 0 saturated carbocycles. The van der Waals surface area contributed by atoms with E-state index in [1.165, 1.54) is 10.1 Å². The van der Waals surface area contributed by atoms with E-state index in [0.29, 0.717) is 28.4 Å². The van der Waals surface area contributed by atoms with E-state index in [2.05, 4.69) is 31.8 Å². The minimum atomic E-state index is -1.51. The number of amides is 2. The minimum absolute atomic E-state index is 0.487. The molecule has 0 heterocycles. The highest BCUT2D eigenvalue weighted by atomic mass is 28.3. The van der Waals surface area contributed by atoms with Crippen molar-refractivity contribution < 1.29 is 19.1 Å². The molecule has 0 unspecified atom stereocenters. The third kappa shape index (κ3) is 8.10. The summed E-state index contributed by atoms with van der Waals surface area (Å²) in [5, 5.41) is 1.29. The Morgan fingerprint density at radius 3 is 1.15 bits per heavy atom. The molecule has 0 aromatic heterocycles. The molecule has 208 valence electrons. The maximum Gasteiger partial charge on any atom is 0.419 e. The Morgan fingerprint density at radius 2 is 0.872 bits per heavy atom. The van der Waals surface area contributed by atoms with Crippen molar-refractivity contribution in [3.8, 4) is 0 Å². The first-order valence-electron chi connectivity index (χ1n) is 13.1. The largest absolute Gasteiger partial charge is 0.443 e. The van der Waals surface area contributed by atoms with Crippen LogP contribution in [-0.4, -0.2) is 31.5 Å². The van der Waals surface area contributed by atoms with Crippen molar-refractivity contribution in [1.82, 2.24) is 0 Å². The summed E-state index contributed by atoms with van der Waals surface area (Å²) in [5.41, 5.74) is 7.60. The fourth-order valence-electron chi connectivity index (χ4n) is 3.82. The van der Waals surface area contributed by atoms with Gasteiger partial charge in [-0.1, -0.05) is 37.0 Å². The average Bonchev–Trinajstić information content (AvgIpc) is 2.79. The van der Waals surface area contributed by atoms with Crippen LogP contribution >= 0.6 is 0 Å². The number of ether oxygens (including phenoxy) is 2. The van der Waals surface area contributed by atoms with Crippen LogP contribution in [0, 0.1) is 0 Å². The molecular weight excluding hydrogens is 506 g/mol. The topological polar surface area (TPSA) is 85.1 Å². The van der Waals surface area contributed by atoms with E-state index in [9.17, 15) is 9.59 Å². The lowest BCUT2D eigenvalue weighted by atomic mass is 10.2. The van der Waals surface area contributed by atoms with Crippen molar-refractivity contribution in [2.75, 3.05) is 15.5 Å². The van der Waals surface area contributed by atoms with Gasteiger partial charge < -0.3 is 15.2 Å². The van der Waals surface area contributed by atoms with Gasteiger partial charge in [0, 0.05) is 5.69 Å². The van der Waals surface area contributed by atoms with Crippen LogP contribution in [0.25, 0.3) is 0 Å². The number of carbonyl (C=O) groups excluding carboxylic acids is 2. The number of anilines is 5. The molecule has 0 radical (unpaired) electrons. The van der Waals surface area contributed by atoms with Crippen LogP contribution in [0.5, 0.6) is 0 Å². The van der Waals surface area contributed by atoms with Crippen LogP contribution in [0.15, 0.2) is 72.8 Å². The van der Waals surface area contributed by atoms with Gasteiger partial charge in [-0.2, -0.15) is 0 Å². The quantitative estimate of drug-likeness (QED) is 0.259. The second-order valence-electron chi connectivity index (χ2n) is 12.5. The molecule has 3 aromatic rings. The molecule has 3 aromatic carbocycles. The van der Waals surface area contributed by atoms with Crippen molar-refractivity contribution in [2.45, 2.75) is 72.4 Å². The monoisotopic (exact) mass is 547 g/mol. The van der Waals surface area contributed by atoms with Gasteiger partial charge in [0.1, 0.15) is 11.2 Å². The van der Waals surface area contributed by atoms with E-state index in [-0.39, 0.29) is 0 Å². The molecule has 2 N–H and O–H groups in total. The molecule has 0 aliphatic carbocycles. The molecule has 2 amide bonds. The lowest BCUT2D eigenvalue weighted by molar-refractivity contribution is 0.0587. The lowest BCUT2D eigenvalue weighted by Crippen LogP contribution is -2.38. The predicted octanol–water partition coefficient (Wildman–Crippen LogP) is 7.96. The highest BCUT2D eigenvalue weighted by Crippen LogP contribution is 2.33. The van der Waals surface area contributed by atoms with Crippen LogP contribution < -0.4 is 20.7 Å². The molecule has 0 aliphatic heterocycles. The van der Waals surface area contributed by atoms with E-state index < -0.39 is 31.5 Å². The molecule has 39 heavy (non-hydrogen) atoms. The number of benzene rings is 3. The highest BCUT2D eigenvalue weighted by Gasteiger charge is 2.28. The number of rotatable bonds is 5. The number of carbonyl (C=O) groups is 2. The first-order valence-corrected chi connectivity index (χ1v) is 16.6. The second kappa shape index (κ2) is 11.1. The summed E-state index contributed by atoms with van der Waals surface area (Å²) >= 11 is 0. The second-order valence-corrected chi connectivity index (χ2v) is 17.6. The molecule has 7 nitrogen and oxygen atoms in total. The SMILES string of the molecule is CC(C)(C)OC(=O)N(c1ccc(N)cc1)c1ccc(N(C(=O)OC(C)(C)C)c2ccc([Si](C)(C)C)cc2)cc1. The molecular formula is C31H41N3O4Si. The van der Waals surface area contributed by atoms with Gasteiger partial charge in [0.15, 0.2) is 0 Å². The molecule has 0 fully saturated rings. The number of nitrogens with zero attached hydrogens (tertiary/aromatic N) is 2. The van der Waals surface area contributed by atoms with Gasteiger partial charge >= 0.3 is 12.2 Å². The average molecular weight is 548 g/mol.